The molecular weight excluding hydrogens is 288 g/mol. The smallest absolute Gasteiger partial charge is 0.304 e. The van der Waals surface area contributed by atoms with Gasteiger partial charge in [0.05, 0.1) is 6.42 Å². The second-order valence-corrected chi connectivity index (χ2v) is 4.58. The Morgan fingerprint density at radius 2 is 2.29 bits per heavy atom. The van der Waals surface area contributed by atoms with E-state index in [-0.39, 0.29) is 18.9 Å². The number of carbonyl (C=O) groups excluding carboxylic acids is 1. The summed E-state index contributed by atoms with van der Waals surface area (Å²) in [6.45, 7) is 0.258. The first kappa shape index (κ1) is 12.1. The third-order valence-electron chi connectivity index (χ3n) is 2.55. The predicted octanol–water partition coefficient (Wildman–Crippen LogP) is 1.51. The molecule has 6 heteroatoms. The molecule has 3 N–H and O–H groups in total. The van der Waals surface area contributed by atoms with Gasteiger partial charge in [-0.15, -0.1) is 0 Å². The molecule has 1 amide bonds. The topological polar surface area (TPSA) is 78.4 Å². The number of anilines is 1. The minimum Gasteiger partial charge on any atom is -0.481 e. The van der Waals surface area contributed by atoms with Crippen molar-refractivity contribution in [2.75, 3.05) is 11.9 Å². The lowest BCUT2D eigenvalue weighted by molar-refractivity contribution is -0.137. The number of hydrogen-bond donors (Lipinski definition) is 3. The number of carboxylic acid groups (broad SMARTS) is 1. The fourth-order valence-electron chi connectivity index (χ4n) is 1.79. The molecule has 1 aromatic carbocycles. The molecule has 1 aromatic rings. The number of benzene rings is 1. The molecule has 0 saturated carbocycles. The molecule has 0 spiro atoms. The van der Waals surface area contributed by atoms with Gasteiger partial charge < -0.3 is 15.7 Å². The summed E-state index contributed by atoms with van der Waals surface area (Å²) in [5, 5.41) is 14.2. The maximum absolute atomic E-state index is 11.7. The van der Waals surface area contributed by atoms with E-state index >= 15 is 0 Å². The Labute approximate surface area is 106 Å². The summed E-state index contributed by atoms with van der Waals surface area (Å²) in [5.74, 6) is -1.04. The van der Waals surface area contributed by atoms with Gasteiger partial charge in [0, 0.05) is 22.3 Å². The highest BCUT2D eigenvalue weighted by molar-refractivity contribution is 9.10. The van der Waals surface area contributed by atoms with Gasteiger partial charge in [0.1, 0.15) is 6.04 Å². The van der Waals surface area contributed by atoms with Crippen LogP contribution in [0.15, 0.2) is 22.7 Å². The third kappa shape index (κ3) is 2.48. The van der Waals surface area contributed by atoms with Crippen LogP contribution in [0, 0.1) is 0 Å². The highest BCUT2D eigenvalue weighted by Gasteiger charge is 2.31. The Bertz CT molecular complexity index is 476. The van der Waals surface area contributed by atoms with E-state index in [1.165, 1.54) is 0 Å². The number of aliphatic carboxylic acids is 1. The van der Waals surface area contributed by atoms with Crippen LogP contribution in [0.3, 0.4) is 0 Å². The summed E-state index contributed by atoms with van der Waals surface area (Å²) in [6, 6.07) is 5.02. The Morgan fingerprint density at radius 3 is 3.00 bits per heavy atom. The molecule has 0 bridgehead atoms. The minimum absolute atomic E-state index is 0.0104. The summed E-state index contributed by atoms with van der Waals surface area (Å²) in [7, 11) is 0. The van der Waals surface area contributed by atoms with Gasteiger partial charge in [0.15, 0.2) is 0 Å². The van der Waals surface area contributed by atoms with Crippen molar-refractivity contribution in [1.29, 1.82) is 0 Å². The van der Waals surface area contributed by atoms with Crippen molar-refractivity contribution >= 4 is 33.5 Å². The second kappa shape index (κ2) is 4.85. The molecule has 1 unspecified atom stereocenters. The lowest BCUT2D eigenvalue weighted by Crippen LogP contribution is -2.29. The summed E-state index contributed by atoms with van der Waals surface area (Å²) in [5.41, 5.74) is 1.60. The molecule has 0 fully saturated rings. The zero-order chi connectivity index (χ0) is 12.4. The molecule has 0 saturated heterocycles. The Hall–Kier alpha value is -1.40. The van der Waals surface area contributed by atoms with Crippen LogP contribution in [-0.4, -0.2) is 23.5 Å². The van der Waals surface area contributed by atoms with Crippen LogP contribution in [0.4, 0.5) is 5.69 Å². The molecule has 0 aromatic heterocycles. The monoisotopic (exact) mass is 298 g/mol. The first-order chi connectivity index (χ1) is 8.09. The van der Waals surface area contributed by atoms with Crippen molar-refractivity contribution in [3.05, 3.63) is 28.2 Å². The summed E-state index contributed by atoms with van der Waals surface area (Å²) < 4.78 is 0.834. The average Bonchev–Trinajstić information content (AvgIpc) is 2.56. The van der Waals surface area contributed by atoms with E-state index in [0.29, 0.717) is 0 Å². The van der Waals surface area contributed by atoms with Crippen LogP contribution in [0.25, 0.3) is 0 Å². The maximum Gasteiger partial charge on any atom is 0.304 e. The number of rotatable bonds is 4. The molecule has 1 aliphatic rings. The van der Waals surface area contributed by atoms with Gasteiger partial charge in [-0.3, -0.25) is 9.59 Å². The summed E-state index contributed by atoms with van der Waals surface area (Å²) in [4.78, 5) is 22.1. The van der Waals surface area contributed by atoms with Crippen molar-refractivity contribution in [2.24, 2.45) is 0 Å². The number of carboxylic acids is 1. The van der Waals surface area contributed by atoms with E-state index < -0.39 is 12.0 Å². The fourth-order valence-corrected chi connectivity index (χ4v) is 2.39. The second-order valence-electron chi connectivity index (χ2n) is 3.72. The first-order valence-corrected chi connectivity index (χ1v) is 5.93. The zero-order valence-electron chi connectivity index (χ0n) is 8.87. The number of hydrogen-bond acceptors (Lipinski definition) is 3. The van der Waals surface area contributed by atoms with Crippen molar-refractivity contribution in [3.63, 3.8) is 0 Å². The van der Waals surface area contributed by atoms with Crippen molar-refractivity contribution < 1.29 is 14.7 Å². The molecule has 0 aliphatic carbocycles. The van der Waals surface area contributed by atoms with Crippen LogP contribution >= 0.6 is 15.9 Å². The van der Waals surface area contributed by atoms with E-state index in [1.54, 1.807) is 0 Å². The Balaban J connectivity index is 2.14. The molecular formula is C11H11BrN2O3. The van der Waals surface area contributed by atoms with Crippen LogP contribution in [-0.2, 0) is 9.59 Å². The van der Waals surface area contributed by atoms with Gasteiger partial charge >= 0.3 is 5.97 Å². The SMILES string of the molecule is O=C(O)CCNC1C(=O)Nc2cccc(Br)c21. The predicted molar refractivity (Wildman–Crippen MR) is 65.8 cm³/mol. The standard InChI is InChI=1S/C11H11BrN2O3/c12-6-2-1-3-7-9(6)10(11(17)14-7)13-5-4-8(15)16/h1-3,10,13H,4-5H2,(H,14,17)(H,15,16). The van der Waals surface area contributed by atoms with Crippen molar-refractivity contribution in [3.8, 4) is 0 Å². The number of fused-ring (bicyclic) bond motifs is 1. The molecule has 1 atom stereocenters. The van der Waals surface area contributed by atoms with Crippen LogP contribution in [0.1, 0.15) is 18.0 Å². The highest BCUT2D eigenvalue weighted by Crippen LogP contribution is 2.36. The van der Waals surface area contributed by atoms with E-state index in [1.807, 2.05) is 18.2 Å². The number of carbonyl (C=O) groups is 2. The van der Waals surface area contributed by atoms with Crippen LogP contribution in [0.5, 0.6) is 0 Å². The van der Waals surface area contributed by atoms with Gasteiger partial charge in [-0.1, -0.05) is 22.0 Å². The zero-order valence-corrected chi connectivity index (χ0v) is 10.5. The number of nitrogens with one attached hydrogen (secondary N) is 2. The molecule has 17 heavy (non-hydrogen) atoms. The highest BCUT2D eigenvalue weighted by atomic mass is 79.9. The average molecular weight is 299 g/mol. The molecule has 0 radical (unpaired) electrons. The first-order valence-electron chi connectivity index (χ1n) is 5.14. The van der Waals surface area contributed by atoms with Crippen molar-refractivity contribution in [1.82, 2.24) is 5.32 Å². The van der Waals surface area contributed by atoms with Crippen molar-refractivity contribution in [2.45, 2.75) is 12.5 Å². The Kier molecular flexibility index (Phi) is 3.44. The van der Waals surface area contributed by atoms with Crippen LogP contribution in [0.2, 0.25) is 0 Å². The lowest BCUT2D eigenvalue weighted by atomic mass is 10.1. The van der Waals surface area contributed by atoms with E-state index in [2.05, 4.69) is 26.6 Å². The van der Waals surface area contributed by atoms with Gasteiger partial charge in [-0.2, -0.15) is 0 Å². The molecule has 5 nitrogen and oxygen atoms in total. The van der Waals surface area contributed by atoms with Gasteiger partial charge in [0.25, 0.3) is 0 Å². The molecule has 2 rings (SSSR count). The Morgan fingerprint density at radius 1 is 1.53 bits per heavy atom. The summed E-state index contributed by atoms with van der Waals surface area (Å²) in [6.07, 6.45) is -0.0104. The summed E-state index contributed by atoms with van der Waals surface area (Å²) >= 11 is 3.39. The molecule has 1 aliphatic heterocycles. The van der Waals surface area contributed by atoms with E-state index in [4.69, 9.17) is 5.11 Å². The minimum atomic E-state index is -0.886. The molecule has 90 valence electrons. The van der Waals surface area contributed by atoms with Gasteiger partial charge in [0.2, 0.25) is 5.91 Å². The van der Waals surface area contributed by atoms with Gasteiger partial charge in [-0.25, -0.2) is 0 Å². The number of halogens is 1. The van der Waals surface area contributed by atoms with E-state index in [9.17, 15) is 9.59 Å². The lowest BCUT2D eigenvalue weighted by Gasteiger charge is -2.11. The fraction of sp³-hybridized carbons (Fsp3) is 0.273. The van der Waals surface area contributed by atoms with Crippen LogP contribution < -0.4 is 10.6 Å². The molecule has 1 heterocycles. The normalized spacial score (nSPS) is 17.7. The van der Waals surface area contributed by atoms with E-state index in [0.717, 1.165) is 15.7 Å². The third-order valence-corrected chi connectivity index (χ3v) is 3.24. The quantitative estimate of drug-likeness (QED) is 0.787. The van der Waals surface area contributed by atoms with Gasteiger partial charge in [-0.05, 0) is 12.1 Å². The largest absolute Gasteiger partial charge is 0.481 e. The number of amides is 1. The maximum atomic E-state index is 11.7.